The van der Waals surface area contributed by atoms with E-state index in [4.69, 9.17) is 0 Å². The van der Waals surface area contributed by atoms with Crippen LogP contribution in [0.4, 0.5) is 0 Å². The fourth-order valence-corrected chi connectivity index (χ4v) is 2.22. The van der Waals surface area contributed by atoms with Crippen LogP contribution in [0, 0.1) is 0 Å². The molecule has 2 N–H and O–H groups in total. The minimum atomic E-state index is 0.517. The molecule has 1 aliphatic carbocycles. The Labute approximate surface area is 112 Å². The van der Waals surface area contributed by atoms with Crippen LogP contribution < -0.4 is 10.6 Å². The summed E-state index contributed by atoms with van der Waals surface area (Å²) in [7, 11) is 1.83. The molecule has 0 atom stereocenters. The second kappa shape index (κ2) is 8.14. The van der Waals surface area contributed by atoms with E-state index in [0.717, 1.165) is 38.4 Å². The van der Waals surface area contributed by atoms with Gasteiger partial charge in [-0.2, -0.15) is 0 Å². The van der Waals surface area contributed by atoms with Crippen molar-refractivity contribution in [1.29, 1.82) is 0 Å². The largest absolute Gasteiger partial charge is 0.355 e. The van der Waals surface area contributed by atoms with E-state index in [9.17, 15) is 0 Å². The second-order valence-corrected chi connectivity index (χ2v) is 5.01. The van der Waals surface area contributed by atoms with E-state index in [1.54, 1.807) is 0 Å². The van der Waals surface area contributed by atoms with Crippen LogP contribution in [0.15, 0.2) is 17.1 Å². The van der Waals surface area contributed by atoms with Crippen molar-refractivity contribution in [2.75, 3.05) is 26.7 Å². The molecule has 0 radical (unpaired) electrons. The van der Waals surface area contributed by atoms with Gasteiger partial charge < -0.3 is 10.6 Å². The Morgan fingerprint density at radius 2 is 2.06 bits per heavy atom. The third kappa shape index (κ3) is 5.08. The fourth-order valence-electron chi connectivity index (χ4n) is 2.22. The van der Waals surface area contributed by atoms with Crippen molar-refractivity contribution in [2.45, 2.75) is 45.7 Å². The summed E-state index contributed by atoms with van der Waals surface area (Å²) in [6.07, 6.45) is 6.66. The summed E-state index contributed by atoms with van der Waals surface area (Å²) in [5.41, 5.74) is 0. The smallest absolute Gasteiger partial charge is 0.191 e. The van der Waals surface area contributed by atoms with E-state index in [0.29, 0.717) is 12.1 Å². The first kappa shape index (κ1) is 15.0. The Bertz CT molecular complexity index is 276. The first-order valence-corrected chi connectivity index (χ1v) is 7.03. The van der Waals surface area contributed by atoms with Crippen LogP contribution in [0.2, 0.25) is 0 Å². The maximum Gasteiger partial charge on any atom is 0.191 e. The Hall–Kier alpha value is -1.03. The quantitative estimate of drug-likeness (QED) is 0.428. The molecule has 0 aromatic carbocycles. The van der Waals surface area contributed by atoms with E-state index in [1.807, 2.05) is 7.05 Å². The number of likely N-dealkylation sites (N-methyl/N-ethyl adjacent to an activating group) is 1. The topological polar surface area (TPSA) is 39.7 Å². The van der Waals surface area contributed by atoms with Crippen molar-refractivity contribution in [3.05, 3.63) is 12.2 Å². The number of nitrogens with one attached hydrogen (secondary N) is 2. The van der Waals surface area contributed by atoms with Gasteiger partial charge in [0.2, 0.25) is 0 Å². The minimum Gasteiger partial charge on any atom is -0.355 e. The maximum atomic E-state index is 4.27. The number of guanidine groups is 1. The first-order chi connectivity index (χ1) is 8.67. The van der Waals surface area contributed by atoms with Gasteiger partial charge in [0.05, 0.1) is 0 Å². The lowest BCUT2D eigenvalue weighted by Crippen LogP contribution is -2.45. The Morgan fingerprint density at radius 1 is 1.39 bits per heavy atom. The average molecular weight is 252 g/mol. The fraction of sp³-hybridized carbons (Fsp3) is 0.786. The third-order valence-electron chi connectivity index (χ3n) is 3.40. The molecule has 1 aliphatic rings. The first-order valence-electron chi connectivity index (χ1n) is 7.03. The van der Waals surface area contributed by atoms with Gasteiger partial charge in [-0.1, -0.05) is 19.1 Å². The molecule has 0 saturated heterocycles. The lowest BCUT2D eigenvalue weighted by atomic mass is 10.2. The second-order valence-electron chi connectivity index (χ2n) is 5.01. The molecule has 4 heteroatoms. The van der Waals surface area contributed by atoms with E-state index >= 15 is 0 Å². The van der Waals surface area contributed by atoms with Crippen molar-refractivity contribution in [3.8, 4) is 0 Å². The molecule has 1 rings (SSSR count). The number of nitrogens with zero attached hydrogens (tertiary/aromatic N) is 2. The SMILES string of the molecule is CCN(CCNC(=NC)NC1CC=CC1)C(C)C. The van der Waals surface area contributed by atoms with Gasteiger partial charge in [0.1, 0.15) is 0 Å². The van der Waals surface area contributed by atoms with E-state index in [-0.39, 0.29) is 0 Å². The van der Waals surface area contributed by atoms with Gasteiger partial charge >= 0.3 is 0 Å². The minimum absolute atomic E-state index is 0.517. The van der Waals surface area contributed by atoms with Gasteiger partial charge in [-0.05, 0) is 33.2 Å². The van der Waals surface area contributed by atoms with Crippen LogP contribution in [0.5, 0.6) is 0 Å². The van der Waals surface area contributed by atoms with Gasteiger partial charge in [-0.15, -0.1) is 0 Å². The molecular formula is C14H28N4. The van der Waals surface area contributed by atoms with Gasteiger partial charge in [0.25, 0.3) is 0 Å². The van der Waals surface area contributed by atoms with Crippen molar-refractivity contribution >= 4 is 5.96 Å². The van der Waals surface area contributed by atoms with E-state index in [1.165, 1.54) is 0 Å². The summed E-state index contributed by atoms with van der Waals surface area (Å²) in [6.45, 7) is 9.76. The zero-order chi connectivity index (χ0) is 13.4. The molecule has 0 heterocycles. The highest BCUT2D eigenvalue weighted by Gasteiger charge is 2.12. The summed E-state index contributed by atoms with van der Waals surface area (Å²) in [4.78, 5) is 6.71. The van der Waals surface area contributed by atoms with Crippen LogP contribution in [-0.4, -0.2) is 49.6 Å². The monoisotopic (exact) mass is 252 g/mol. The molecule has 0 aliphatic heterocycles. The molecule has 4 nitrogen and oxygen atoms in total. The number of hydrogen-bond donors (Lipinski definition) is 2. The number of hydrogen-bond acceptors (Lipinski definition) is 2. The van der Waals surface area contributed by atoms with Crippen molar-refractivity contribution in [1.82, 2.24) is 15.5 Å². The van der Waals surface area contributed by atoms with Crippen molar-refractivity contribution in [2.24, 2.45) is 4.99 Å². The molecule has 18 heavy (non-hydrogen) atoms. The highest BCUT2D eigenvalue weighted by Crippen LogP contribution is 2.08. The molecule has 0 fully saturated rings. The molecule has 0 aromatic heterocycles. The van der Waals surface area contributed by atoms with Crippen LogP contribution in [0.1, 0.15) is 33.6 Å². The van der Waals surface area contributed by atoms with Crippen LogP contribution in [-0.2, 0) is 0 Å². The standard InChI is InChI=1S/C14H28N4/c1-5-18(12(2)3)11-10-16-14(15-4)17-13-8-6-7-9-13/h6-7,12-13H,5,8-11H2,1-4H3,(H2,15,16,17). The predicted molar refractivity (Wildman–Crippen MR) is 79.0 cm³/mol. The van der Waals surface area contributed by atoms with Gasteiger partial charge in [-0.3, -0.25) is 9.89 Å². The molecule has 0 bridgehead atoms. The Kier molecular flexibility index (Phi) is 6.80. The number of rotatable bonds is 6. The Morgan fingerprint density at radius 3 is 2.56 bits per heavy atom. The third-order valence-corrected chi connectivity index (χ3v) is 3.40. The zero-order valence-electron chi connectivity index (χ0n) is 12.2. The Balaban J connectivity index is 2.23. The van der Waals surface area contributed by atoms with Crippen LogP contribution in [0.25, 0.3) is 0 Å². The summed E-state index contributed by atoms with van der Waals surface area (Å²) in [6, 6.07) is 1.12. The van der Waals surface area contributed by atoms with Gasteiger partial charge in [-0.25, -0.2) is 0 Å². The molecule has 0 amide bonds. The van der Waals surface area contributed by atoms with Crippen molar-refractivity contribution in [3.63, 3.8) is 0 Å². The summed E-state index contributed by atoms with van der Waals surface area (Å²) < 4.78 is 0. The normalized spacial score (nSPS) is 16.9. The highest BCUT2D eigenvalue weighted by atomic mass is 15.2. The van der Waals surface area contributed by atoms with Gasteiger partial charge in [0, 0.05) is 32.2 Å². The van der Waals surface area contributed by atoms with Crippen LogP contribution >= 0.6 is 0 Å². The summed E-state index contributed by atoms with van der Waals surface area (Å²) in [5.74, 6) is 0.920. The molecule has 0 unspecified atom stereocenters. The summed E-state index contributed by atoms with van der Waals surface area (Å²) >= 11 is 0. The lowest BCUT2D eigenvalue weighted by Gasteiger charge is -2.25. The lowest BCUT2D eigenvalue weighted by molar-refractivity contribution is 0.237. The van der Waals surface area contributed by atoms with Crippen molar-refractivity contribution < 1.29 is 0 Å². The van der Waals surface area contributed by atoms with Crippen LogP contribution in [0.3, 0.4) is 0 Å². The zero-order valence-corrected chi connectivity index (χ0v) is 12.2. The van der Waals surface area contributed by atoms with E-state index < -0.39 is 0 Å². The van der Waals surface area contributed by atoms with E-state index in [2.05, 4.69) is 53.4 Å². The highest BCUT2D eigenvalue weighted by molar-refractivity contribution is 5.80. The molecule has 0 saturated carbocycles. The predicted octanol–water partition coefficient (Wildman–Crippen LogP) is 1.60. The number of aliphatic imine (C=N–C) groups is 1. The molecule has 104 valence electrons. The maximum absolute atomic E-state index is 4.27. The summed E-state index contributed by atoms with van der Waals surface area (Å²) in [5, 5.41) is 6.83. The molecule has 0 spiro atoms. The molecule has 0 aromatic rings. The average Bonchev–Trinajstić information content (AvgIpc) is 2.85. The van der Waals surface area contributed by atoms with Gasteiger partial charge in [0.15, 0.2) is 5.96 Å². The molecular weight excluding hydrogens is 224 g/mol.